The first-order chi connectivity index (χ1) is 25.7. The van der Waals surface area contributed by atoms with E-state index in [0.29, 0.717) is 57.4 Å². The quantitative estimate of drug-likeness (QED) is 0.178. The van der Waals surface area contributed by atoms with Gasteiger partial charge in [-0.2, -0.15) is 10.5 Å². The Labute approximate surface area is 319 Å². The number of fused-ring (bicyclic) bond motifs is 6. The number of rotatable bonds is 7. The van der Waals surface area contributed by atoms with Gasteiger partial charge in [0.1, 0.15) is 11.6 Å². The summed E-state index contributed by atoms with van der Waals surface area (Å²) in [4.78, 5) is 28.4. The molecule has 268 valence electrons. The molecule has 13 heteroatoms. The number of piperidine rings is 1. The van der Waals surface area contributed by atoms with E-state index in [1.54, 1.807) is 23.6 Å². The Kier molecular flexibility index (Phi) is 7.79. The number of carbonyl (C=O) groups is 1. The number of pyridine rings is 1. The van der Waals surface area contributed by atoms with E-state index >= 15 is 4.39 Å². The van der Waals surface area contributed by atoms with Crippen molar-refractivity contribution in [2.24, 2.45) is 17.8 Å². The highest BCUT2D eigenvalue weighted by Crippen LogP contribution is 2.54. The number of likely N-dealkylation sites (tertiary alicyclic amines) is 1. The highest BCUT2D eigenvalue weighted by molar-refractivity contribution is 7.13. The van der Waals surface area contributed by atoms with Crippen molar-refractivity contribution < 1.29 is 9.18 Å². The van der Waals surface area contributed by atoms with Crippen LogP contribution in [0.15, 0.2) is 35.7 Å². The van der Waals surface area contributed by atoms with E-state index in [2.05, 4.69) is 42.9 Å². The number of anilines is 1. The maximum absolute atomic E-state index is 17.3. The van der Waals surface area contributed by atoms with Crippen molar-refractivity contribution in [2.45, 2.75) is 69.6 Å². The van der Waals surface area contributed by atoms with Crippen LogP contribution in [0, 0.1) is 53.2 Å². The third-order valence-electron chi connectivity index (χ3n) is 12.4. The van der Waals surface area contributed by atoms with E-state index in [4.69, 9.17) is 28.2 Å². The van der Waals surface area contributed by atoms with Crippen LogP contribution in [0.5, 0.6) is 0 Å². The second kappa shape index (κ2) is 12.4. The van der Waals surface area contributed by atoms with Gasteiger partial charge in [0, 0.05) is 82.6 Å². The van der Waals surface area contributed by atoms with Gasteiger partial charge in [0.25, 0.3) is 0 Å². The van der Waals surface area contributed by atoms with Gasteiger partial charge in [-0.15, -0.1) is 11.3 Å². The first kappa shape index (κ1) is 33.3. The zero-order valence-corrected chi connectivity index (χ0v) is 31.3. The topological polar surface area (TPSA) is 114 Å². The number of nitrogens with zero attached hydrogens (tertiary/aromatic N) is 7. The minimum absolute atomic E-state index is 0.0139. The first-order valence-corrected chi connectivity index (χ1v) is 20.0. The lowest BCUT2D eigenvalue weighted by Gasteiger charge is -2.40. The molecule has 2 aromatic carbocycles. The van der Waals surface area contributed by atoms with Crippen LogP contribution in [0.1, 0.15) is 66.8 Å². The smallest absolute Gasteiger partial charge is 0.226 e. The molecule has 0 unspecified atom stereocenters. The molecule has 11 rings (SSSR count). The monoisotopic (exact) mass is 764 g/mol. The van der Waals surface area contributed by atoms with Gasteiger partial charge in [-0.1, -0.05) is 35.3 Å². The molecule has 0 radical (unpaired) electrons. The van der Waals surface area contributed by atoms with Gasteiger partial charge in [-0.25, -0.2) is 14.4 Å². The number of benzene rings is 2. The van der Waals surface area contributed by atoms with Crippen LogP contribution >= 0.6 is 34.5 Å². The Morgan fingerprint density at radius 1 is 1.11 bits per heavy atom. The Bertz CT molecular complexity index is 2450. The molecule has 2 aliphatic carbocycles. The number of aromatic nitrogens is 3. The second-order valence-electron chi connectivity index (χ2n) is 15.4. The van der Waals surface area contributed by atoms with Crippen molar-refractivity contribution in [2.75, 3.05) is 24.5 Å². The number of nitriles is 2. The van der Waals surface area contributed by atoms with Crippen molar-refractivity contribution in [1.82, 2.24) is 24.8 Å². The van der Waals surface area contributed by atoms with Gasteiger partial charge in [0.05, 0.1) is 39.8 Å². The third kappa shape index (κ3) is 5.04. The van der Waals surface area contributed by atoms with Crippen LogP contribution in [0.3, 0.4) is 0 Å². The molecule has 3 aromatic heterocycles. The van der Waals surface area contributed by atoms with Crippen LogP contribution in [-0.4, -0.2) is 57.1 Å². The Balaban J connectivity index is 1.21. The summed E-state index contributed by atoms with van der Waals surface area (Å²) in [6.45, 7) is 4.25. The lowest BCUT2D eigenvalue weighted by atomic mass is 9.79. The molecular weight excluding hydrogens is 730 g/mol. The van der Waals surface area contributed by atoms with Gasteiger partial charge in [-0.3, -0.25) is 4.79 Å². The van der Waals surface area contributed by atoms with Crippen LogP contribution in [0.25, 0.3) is 32.9 Å². The number of amides is 1. The fourth-order valence-electron chi connectivity index (χ4n) is 9.92. The summed E-state index contributed by atoms with van der Waals surface area (Å²) >= 11 is 14.6. The molecule has 0 spiro atoms. The molecule has 6 atom stereocenters. The average molecular weight is 766 g/mol. The second-order valence-corrected chi connectivity index (χ2v) is 17.0. The van der Waals surface area contributed by atoms with E-state index in [9.17, 15) is 15.3 Å². The maximum Gasteiger partial charge on any atom is 0.226 e. The molecule has 6 fully saturated rings. The normalized spacial score (nSPS) is 25.9. The van der Waals surface area contributed by atoms with E-state index in [1.807, 2.05) is 13.0 Å². The van der Waals surface area contributed by atoms with E-state index in [0.717, 1.165) is 60.5 Å². The molecule has 4 aliphatic heterocycles. The zero-order valence-electron chi connectivity index (χ0n) is 29.0. The number of thiazole rings is 1. The van der Waals surface area contributed by atoms with Gasteiger partial charge in [-0.05, 0) is 68.7 Å². The number of aryl methyl sites for hydroxylation is 2. The summed E-state index contributed by atoms with van der Waals surface area (Å²) in [5.74, 6) is 0.341. The van der Waals surface area contributed by atoms with Gasteiger partial charge in [0.15, 0.2) is 16.6 Å². The summed E-state index contributed by atoms with van der Waals surface area (Å²) in [5.41, 5.74) is 4.88. The molecule has 53 heavy (non-hydrogen) atoms. The maximum atomic E-state index is 17.3. The highest BCUT2D eigenvalue weighted by Gasteiger charge is 2.55. The van der Waals surface area contributed by atoms with Gasteiger partial charge < -0.3 is 19.7 Å². The van der Waals surface area contributed by atoms with Crippen LogP contribution in [0.4, 0.5) is 9.52 Å². The van der Waals surface area contributed by atoms with Crippen LogP contribution in [0.2, 0.25) is 10.0 Å². The lowest BCUT2D eigenvalue weighted by Crippen LogP contribution is -2.45. The predicted octanol–water partition coefficient (Wildman–Crippen LogP) is 8.12. The SMILES string of the molecule is Cc1nc2c(F)c(-c3cccc(Cl)c3Cl)c(CCC#N)cc2c2c1cc([C@H]1[C@H]3C[C@H](CN(c4nc(C#N)cs4)C3)N1C(=O)C1CC1)n2[C@H]1[C@H]2CN[C@@H]1C2. The highest BCUT2D eigenvalue weighted by atomic mass is 35.5. The first-order valence-electron chi connectivity index (χ1n) is 18.4. The van der Waals surface area contributed by atoms with Gasteiger partial charge >= 0.3 is 0 Å². The molecule has 4 bridgehead atoms. The number of halogens is 3. The Morgan fingerprint density at radius 2 is 1.96 bits per heavy atom. The predicted molar refractivity (Wildman–Crippen MR) is 204 cm³/mol. The summed E-state index contributed by atoms with van der Waals surface area (Å²) < 4.78 is 19.7. The minimum atomic E-state index is -0.480. The largest absolute Gasteiger partial charge is 0.346 e. The fourth-order valence-corrected chi connectivity index (χ4v) is 11.1. The molecule has 1 N–H and O–H groups in total. The molecule has 1 amide bonds. The van der Waals surface area contributed by atoms with Crippen LogP contribution in [-0.2, 0) is 11.2 Å². The Morgan fingerprint density at radius 3 is 2.68 bits per heavy atom. The summed E-state index contributed by atoms with van der Waals surface area (Å²) in [6, 6.07) is 14.1. The van der Waals surface area contributed by atoms with Crippen molar-refractivity contribution in [1.29, 1.82) is 10.5 Å². The fraction of sp³-hybridized carbons (Fsp3) is 0.425. The number of nitrogens with one attached hydrogen (secondary N) is 1. The minimum Gasteiger partial charge on any atom is -0.346 e. The molecule has 2 saturated carbocycles. The molecule has 7 heterocycles. The average Bonchev–Trinajstić information content (AvgIpc) is 3.54. The summed E-state index contributed by atoms with van der Waals surface area (Å²) in [5, 5.41) is 27.7. The van der Waals surface area contributed by atoms with Gasteiger partial charge in [0.2, 0.25) is 5.91 Å². The van der Waals surface area contributed by atoms with Crippen LogP contribution < -0.4 is 10.2 Å². The third-order valence-corrected chi connectivity index (χ3v) is 14.1. The molecule has 4 saturated heterocycles. The number of hydrogen-bond donors (Lipinski definition) is 1. The van der Waals surface area contributed by atoms with Crippen molar-refractivity contribution in [3.05, 3.63) is 74.2 Å². The van der Waals surface area contributed by atoms with E-state index < -0.39 is 5.82 Å². The van der Waals surface area contributed by atoms with E-state index in [1.165, 1.54) is 11.3 Å². The van der Waals surface area contributed by atoms with Crippen molar-refractivity contribution >= 4 is 67.4 Å². The van der Waals surface area contributed by atoms with Crippen molar-refractivity contribution in [3.8, 4) is 23.3 Å². The number of carbonyl (C=O) groups excluding carboxylic acids is 1. The molecule has 6 aliphatic rings. The van der Waals surface area contributed by atoms with E-state index in [-0.39, 0.29) is 58.9 Å². The molecular formula is C40H35Cl2FN8OS. The summed E-state index contributed by atoms with van der Waals surface area (Å²) in [7, 11) is 0. The summed E-state index contributed by atoms with van der Waals surface area (Å²) in [6.07, 6.45) is 4.33. The Hall–Kier alpha value is -4.26. The molecule has 5 aromatic rings. The van der Waals surface area contributed by atoms with Crippen molar-refractivity contribution in [3.63, 3.8) is 0 Å². The lowest BCUT2D eigenvalue weighted by molar-refractivity contribution is -0.135. The standard InChI is InChI=1S/C40H35Cl2FN8OS/c1-19-27-13-31(37-23-10-25(50(37)39(52)20-7-8-20)17-49(16-23)40-48-24(14-45)18-53-40)51(36-22-12-30(36)46-15-22)38(27)28-11-21(4-3-9-44)32(34(43)35(28)47-19)26-5-2-6-29(41)33(26)42/h2,5-6,11,13,18,20,22-23,25,30,36-37,46H,3-4,7-8,10,12,15-17H2,1H3/t22-,23+,25-,30-,36+,37-/m1/s1. The zero-order chi connectivity index (χ0) is 36.3. The molecule has 9 nitrogen and oxygen atoms in total. The number of hydrogen-bond acceptors (Lipinski definition) is 8.